The van der Waals surface area contributed by atoms with Gasteiger partial charge in [-0.05, 0) is 36.6 Å². The maximum absolute atomic E-state index is 11.3. The van der Waals surface area contributed by atoms with Gasteiger partial charge in [0, 0.05) is 13.5 Å². The SMILES string of the molecule is C=CCc1ccccc1OCCCn1c(CNC(C)=O)nc2ccccc21. The van der Waals surface area contributed by atoms with Gasteiger partial charge in [0.25, 0.3) is 0 Å². The first-order chi connectivity index (χ1) is 13.2. The van der Waals surface area contributed by atoms with Gasteiger partial charge in [0.2, 0.25) is 5.91 Å². The molecule has 0 aliphatic carbocycles. The third kappa shape index (κ3) is 4.76. The highest BCUT2D eigenvalue weighted by Gasteiger charge is 2.10. The van der Waals surface area contributed by atoms with Gasteiger partial charge in [0.1, 0.15) is 11.6 Å². The van der Waals surface area contributed by atoms with Gasteiger partial charge >= 0.3 is 0 Å². The summed E-state index contributed by atoms with van der Waals surface area (Å²) in [6.07, 6.45) is 3.52. The molecular formula is C22H25N3O2. The molecule has 140 valence electrons. The maximum atomic E-state index is 11.3. The number of hydrogen-bond donors (Lipinski definition) is 1. The van der Waals surface area contributed by atoms with Gasteiger partial charge in [0.05, 0.1) is 24.2 Å². The lowest BCUT2D eigenvalue weighted by Crippen LogP contribution is -2.22. The van der Waals surface area contributed by atoms with E-state index in [1.165, 1.54) is 6.92 Å². The van der Waals surface area contributed by atoms with Crippen LogP contribution in [0.2, 0.25) is 0 Å². The highest BCUT2D eigenvalue weighted by Crippen LogP contribution is 2.20. The Balaban J connectivity index is 1.67. The Morgan fingerprint density at radius 1 is 1.22 bits per heavy atom. The predicted octanol–water partition coefficient (Wildman–Crippen LogP) is 3.87. The van der Waals surface area contributed by atoms with Crippen molar-refractivity contribution in [3.05, 3.63) is 72.6 Å². The third-order valence-corrected chi connectivity index (χ3v) is 4.35. The van der Waals surface area contributed by atoms with E-state index in [1.807, 2.05) is 42.5 Å². The van der Waals surface area contributed by atoms with E-state index in [9.17, 15) is 4.79 Å². The lowest BCUT2D eigenvalue weighted by molar-refractivity contribution is -0.119. The monoisotopic (exact) mass is 363 g/mol. The van der Waals surface area contributed by atoms with Crippen molar-refractivity contribution in [2.75, 3.05) is 6.61 Å². The normalized spacial score (nSPS) is 10.7. The van der Waals surface area contributed by atoms with E-state index in [4.69, 9.17) is 4.74 Å². The van der Waals surface area contributed by atoms with Gasteiger partial charge in [-0.15, -0.1) is 6.58 Å². The van der Waals surface area contributed by atoms with Gasteiger partial charge in [-0.25, -0.2) is 4.98 Å². The summed E-state index contributed by atoms with van der Waals surface area (Å²) >= 11 is 0. The van der Waals surface area contributed by atoms with E-state index < -0.39 is 0 Å². The molecule has 5 heteroatoms. The first-order valence-corrected chi connectivity index (χ1v) is 9.19. The number of fused-ring (bicyclic) bond motifs is 1. The molecule has 1 aromatic heterocycles. The average molecular weight is 363 g/mol. The lowest BCUT2D eigenvalue weighted by Gasteiger charge is -2.12. The molecule has 0 unspecified atom stereocenters. The van der Waals surface area contributed by atoms with Crippen molar-refractivity contribution in [3.8, 4) is 5.75 Å². The molecule has 2 aromatic carbocycles. The summed E-state index contributed by atoms with van der Waals surface area (Å²) in [6.45, 7) is 7.13. The molecule has 5 nitrogen and oxygen atoms in total. The number of amides is 1. The van der Waals surface area contributed by atoms with Crippen molar-refractivity contribution in [1.29, 1.82) is 0 Å². The summed E-state index contributed by atoms with van der Waals surface area (Å²) in [5.74, 6) is 1.71. The molecule has 3 aromatic rings. The Labute approximate surface area is 159 Å². The van der Waals surface area contributed by atoms with E-state index in [2.05, 4.69) is 33.6 Å². The fraction of sp³-hybridized carbons (Fsp3) is 0.273. The molecule has 3 rings (SSSR count). The summed E-state index contributed by atoms with van der Waals surface area (Å²) in [4.78, 5) is 15.9. The molecule has 0 saturated heterocycles. The molecule has 0 aliphatic rings. The summed E-state index contributed by atoms with van der Waals surface area (Å²) < 4.78 is 8.14. The van der Waals surface area contributed by atoms with Crippen LogP contribution in [0.5, 0.6) is 5.75 Å². The first-order valence-electron chi connectivity index (χ1n) is 9.19. The fourth-order valence-electron chi connectivity index (χ4n) is 3.09. The van der Waals surface area contributed by atoms with E-state index in [0.717, 1.165) is 47.6 Å². The molecule has 1 amide bonds. The van der Waals surface area contributed by atoms with Crippen molar-refractivity contribution >= 4 is 16.9 Å². The number of rotatable bonds is 9. The number of aromatic nitrogens is 2. The number of aryl methyl sites for hydroxylation is 1. The highest BCUT2D eigenvalue weighted by molar-refractivity contribution is 5.76. The zero-order valence-corrected chi connectivity index (χ0v) is 15.6. The Hall–Kier alpha value is -3.08. The van der Waals surface area contributed by atoms with Crippen LogP contribution in [0.15, 0.2) is 61.2 Å². The van der Waals surface area contributed by atoms with Crippen LogP contribution in [0, 0.1) is 0 Å². The smallest absolute Gasteiger partial charge is 0.217 e. The molecule has 0 fully saturated rings. The lowest BCUT2D eigenvalue weighted by atomic mass is 10.1. The van der Waals surface area contributed by atoms with Crippen LogP contribution in [-0.2, 0) is 24.3 Å². The molecule has 0 aliphatic heterocycles. The van der Waals surface area contributed by atoms with Crippen LogP contribution >= 0.6 is 0 Å². The molecule has 1 N–H and O–H groups in total. The molecule has 0 radical (unpaired) electrons. The minimum absolute atomic E-state index is 0.0595. The van der Waals surface area contributed by atoms with Crippen LogP contribution in [0.3, 0.4) is 0 Å². The Bertz CT molecular complexity index is 930. The summed E-state index contributed by atoms with van der Waals surface area (Å²) in [6, 6.07) is 16.1. The number of nitrogens with one attached hydrogen (secondary N) is 1. The second kappa shape index (κ2) is 9.03. The Kier molecular flexibility index (Phi) is 6.26. The molecule has 27 heavy (non-hydrogen) atoms. The average Bonchev–Trinajstić information content (AvgIpc) is 3.02. The predicted molar refractivity (Wildman–Crippen MR) is 108 cm³/mol. The van der Waals surface area contributed by atoms with E-state index in [-0.39, 0.29) is 5.91 Å². The summed E-state index contributed by atoms with van der Waals surface area (Å²) in [7, 11) is 0. The zero-order valence-electron chi connectivity index (χ0n) is 15.6. The fourth-order valence-corrected chi connectivity index (χ4v) is 3.09. The van der Waals surface area contributed by atoms with Gasteiger partial charge < -0.3 is 14.6 Å². The number of carbonyl (C=O) groups excluding carboxylic acids is 1. The second-order valence-electron chi connectivity index (χ2n) is 6.38. The van der Waals surface area contributed by atoms with E-state index in [1.54, 1.807) is 0 Å². The number of hydrogen-bond acceptors (Lipinski definition) is 3. The standard InChI is InChI=1S/C22H25N3O2/c1-3-9-18-10-4-7-13-21(18)27-15-8-14-25-20-12-6-5-11-19(20)24-22(25)16-23-17(2)26/h3-7,10-13H,1,8-9,14-16H2,2H3,(H,23,26). The quantitative estimate of drug-likeness (QED) is 0.464. The van der Waals surface area contributed by atoms with Crippen molar-refractivity contribution in [2.45, 2.75) is 32.9 Å². The van der Waals surface area contributed by atoms with Crippen LogP contribution < -0.4 is 10.1 Å². The minimum atomic E-state index is -0.0595. The largest absolute Gasteiger partial charge is 0.493 e. The topological polar surface area (TPSA) is 56.1 Å². The minimum Gasteiger partial charge on any atom is -0.493 e. The van der Waals surface area contributed by atoms with E-state index in [0.29, 0.717) is 13.2 Å². The molecule has 0 spiro atoms. The number of allylic oxidation sites excluding steroid dienone is 1. The van der Waals surface area contributed by atoms with Crippen molar-refractivity contribution in [3.63, 3.8) is 0 Å². The van der Waals surface area contributed by atoms with Crippen molar-refractivity contribution < 1.29 is 9.53 Å². The van der Waals surface area contributed by atoms with Crippen LogP contribution in [0.4, 0.5) is 0 Å². The summed E-state index contributed by atoms with van der Waals surface area (Å²) in [5, 5.41) is 2.84. The number of benzene rings is 2. The third-order valence-electron chi connectivity index (χ3n) is 4.35. The van der Waals surface area contributed by atoms with Gasteiger partial charge in [0.15, 0.2) is 0 Å². The number of ether oxygens (including phenoxy) is 1. The van der Waals surface area contributed by atoms with Crippen LogP contribution in [0.25, 0.3) is 11.0 Å². The number of nitrogens with zero attached hydrogens (tertiary/aromatic N) is 2. The number of imidazole rings is 1. The van der Waals surface area contributed by atoms with Crippen molar-refractivity contribution in [2.24, 2.45) is 0 Å². The molecule has 0 saturated carbocycles. The summed E-state index contributed by atoms with van der Waals surface area (Å²) in [5.41, 5.74) is 3.16. The molecular weight excluding hydrogens is 338 g/mol. The van der Waals surface area contributed by atoms with Crippen LogP contribution in [-0.4, -0.2) is 22.1 Å². The number of para-hydroxylation sites is 3. The Morgan fingerprint density at radius 2 is 2.00 bits per heavy atom. The first kappa shape index (κ1) is 18.7. The van der Waals surface area contributed by atoms with Gasteiger partial charge in [-0.2, -0.15) is 0 Å². The van der Waals surface area contributed by atoms with E-state index >= 15 is 0 Å². The Morgan fingerprint density at radius 3 is 2.81 bits per heavy atom. The zero-order chi connectivity index (χ0) is 19.1. The van der Waals surface area contributed by atoms with Crippen LogP contribution in [0.1, 0.15) is 24.7 Å². The highest BCUT2D eigenvalue weighted by atomic mass is 16.5. The molecule has 0 atom stereocenters. The maximum Gasteiger partial charge on any atom is 0.217 e. The van der Waals surface area contributed by atoms with Gasteiger partial charge in [-0.3, -0.25) is 4.79 Å². The van der Waals surface area contributed by atoms with Crippen molar-refractivity contribution in [1.82, 2.24) is 14.9 Å². The molecule has 1 heterocycles. The number of carbonyl (C=O) groups is 1. The second-order valence-corrected chi connectivity index (χ2v) is 6.38. The van der Waals surface area contributed by atoms with Gasteiger partial charge in [-0.1, -0.05) is 36.4 Å². The molecule has 0 bridgehead atoms.